The minimum atomic E-state index is -1.03. The number of carboxylic acids is 1. The maximum Gasteiger partial charge on any atom is 0.345 e. The van der Waals surface area contributed by atoms with Crippen LogP contribution >= 0.6 is 11.3 Å². The number of aromatic carboxylic acids is 1. The zero-order valence-electron chi connectivity index (χ0n) is 10.5. The topological polar surface area (TPSA) is 84.2 Å². The smallest absolute Gasteiger partial charge is 0.345 e. The number of nitrogens with one attached hydrogen (secondary N) is 1. The summed E-state index contributed by atoms with van der Waals surface area (Å²) in [5.41, 5.74) is 0. The van der Waals surface area contributed by atoms with Crippen LogP contribution in [0.4, 0.5) is 5.82 Å². The summed E-state index contributed by atoms with van der Waals surface area (Å²) in [7, 11) is 0. The molecule has 7 heteroatoms. The average molecular weight is 279 g/mol. The van der Waals surface area contributed by atoms with E-state index in [9.17, 15) is 9.59 Å². The van der Waals surface area contributed by atoms with Gasteiger partial charge in [-0.15, -0.1) is 11.3 Å². The predicted molar refractivity (Wildman–Crippen MR) is 71.8 cm³/mol. The summed E-state index contributed by atoms with van der Waals surface area (Å²) in [5.74, 6) is -0.776. The third kappa shape index (κ3) is 2.82. The molecule has 0 radical (unpaired) electrons. The molecule has 0 fully saturated rings. The molecule has 1 amide bonds. The van der Waals surface area contributed by atoms with Crippen molar-refractivity contribution < 1.29 is 14.7 Å². The number of thiophene rings is 1. The van der Waals surface area contributed by atoms with Gasteiger partial charge in [0.2, 0.25) is 0 Å². The van der Waals surface area contributed by atoms with Crippen LogP contribution in [0.2, 0.25) is 0 Å². The first kappa shape index (κ1) is 13.3. The Bertz CT molecular complexity index is 615. The number of hydrogen-bond donors (Lipinski definition) is 2. The molecule has 0 aromatic carbocycles. The van der Waals surface area contributed by atoms with Crippen molar-refractivity contribution in [3.63, 3.8) is 0 Å². The maximum absolute atomic E-state index is 12.0. The molecule has 0 aliphatic rings. The van der Waals surface area contributed by atoms with E-state index in [2.05, 4.69) is 10.4 Å². The lowest BCUT2D eigenvalue weighted by atomic mass is 10.4. The van der Waals surface area contributed by atoms with Crippen LogP contribution in [-0.4, -0.2) is 26.8 Å². The van der Waals surface area contributed by atoms with Crippen molar-refractivity contribution in [1.29, 1.82) is 0 Å². The van der Waals surface area contributed by atoms with Crippen LogP contribution in [0.5, 0.6) is 0 Å². The second-order valence-corrected chi connectivity index (χ2v) is 5.26. The number of nitrogens with zero attached hydrogens (tertiary/aromatic N) is 2. The third-order valence-electron chi connectivity index (χ3n) is 2.44. The van der Waals surface area contributed by atoms with E-state index in [0.29, 0.717) is 10.7 Å². The lowest BCUT2D eigenvalue weighted by Gasteiger charge is -2.11. The summed E-state index contributed by atoms with van der Waals surface area (Å²) in [6.45, 7) is 3.91. The highest BCUT2D eigenvalue weighted by Crippen LogP contribution is 2.19. The summed E-state index contributed by atoms with van der Waals surface area (Å²) in [4.78, 5) is 23.2. The van der Waals surface area contributed by atoms with Crippen molar-refractivity contribution in [2.75, 3.05) is 5.32 Å². The Hall–Kier alpha value is -2.15. The lowest BCUT2D eigenvalue weighted by molar-refractivity contribution is 0.0702. The molecule has 0 unspecified atom stereocenters. The quantitative estimate of drug-likeness (QED) is 0.900. The van der Waals surface area contributed by atoms with Crippen LogP contribution < -0.4 is 5.32 Å². The molecule has 0 spiro atoms. The summed E-state index contributed by atoms with van der Waals surface area (Å²) >= 11 is 0.944. The van der Waals surface area contributed by atoms with Crippen molar-refractivity contribution in [1.82, 2.24) is 9.78 Å². The van der Waals surface area contributed by atoms with Gasteiger partial charge < -0.3 is 10.4 Å². The molecule has 0 aliphatic heterocycles. The molecule has 19 heavy (non-hydrogen) atoms. The van der Waals surface area contributed by atoms with Gasteiger partial charge in [0.1, 0.15) is 10.7 Å². The number of carbonyl (C=O) groups excluding carboxylic acids is 1. The normalized spacial score (nSPS) is 10.7. The van der Waals surface area contributed by atoms with Gasteiger partial charge in [0.05, 0.1) is 11.1 Å². The predicted octanol–water partition coefficient (Wildman–Crippen LogP) is 2.48. The fourth-order valence-electron chi connectivity index (χ4n) is 1.58. The molecular weight excluding hydrogens is 266 g/mol. The van der Waals surface area contributed by atoms with Crippen molar-refractivity contribution in [3.8, 4) is 0 Å². The zero-order valence-corrected chi connectivity index (χ0v) is 11.3. The molecule has 0 bridgehead atoms. The number of rotatable bonds is 4. The van der Waals surface area contributed by atoms with E-state index in [1.807, 2.05) is 13.8 Å². The van der Waals surface area contributed by atoms with Crippen LogP contribution in [0.3, 0.4) is 0 Å². The minimum absolute atomic E-state index is 0.128. The largest absolute Gasteiger partial charge is 0.477 e. The van der Waals surface area contributed by atoms with Gasteiger partial charge in [-0.05, 0) is 26.0 Å². The summed E-state index contributed by atoms with van der Waals surface area (Å²) in [6.07, 6.45) is 1.60. The Balaban J connectivity index is 2.16. The Morgan fingerprint density at radius 2 is 2.00 bits per heavy atom. The summed E-state index contributed by atoms with van der Waals surface area (Å²) in [6, 6.07) is 4.74. The molecule has 2 rings (SSSR count). The molecule has 0 saturated heterocycles. The SMILES string of the molecule is CC(C)n1nccc1NC(=O)c1ccc(C(=O)O)s1. The number of carboxylic acid groups (broad SMARTS) is 1. The second-order valence-electron chi connectivity index (χ2n) is 4.18. The van der Waals surface area contributed by atoms with Gasteiger partial charge in [0.15, 0.2) is 0 Å². The summed E-state index contributed by atoms with van der Waals surface area (Å²) in [5, 5.41) is 15.6. The van der Waals surface area contributed by atoms with Crippen molar-refractivity contribution in [2.24, 2.45) is 0 Å². The molecule has 100 valence electrons. The van der Waals surface area contributed by atoms with Gasteiger partial charge in [-0.2, -0.15) is 5.10 Å². The number of hydrogen-bond acceptors (Lipinski definition) is 4. The van der Waals surface area contributed by atoms with E-state index in [1.165, 1.54) is 12.1 Å². The zero-order chi connectivity index (χ0) is 14.0. The van der Waals surface area contributed by atoms with E-state index in [1.54, 1.807) is 16.9 Å². The van der Waals surface area contributed by atoms with Crippen LogP contribution in [0.1, 0.15) is 39.2 Å². The molecular formula is C12H13N3O3S. The van der Waals surface area contributed by atoms with Gasteiger partial charge in [-0.25, -0.2) is 9.48 Å². The fourth-order valence-corrected chi connectivity index (χ4v) is 2.32. The third-order valence-corrected chi connectivity index (χ3v) is 3.51. The summed E-state index contributed by atoms with van der Waals surface area (Å²) < 4.78 is 1.68. The van der Waals surface area contributed by atoms with E-state index in [4.69, 9.17) is 5.11 Å². The van der Waals surface area contributed by atoms with Crippen LogP contribution in [0, 0.1) is 0 Å². The highest BCUT2D eigenvalue weighted by molar-refractivity contribution is 7.15. The van der Waals surface area contributed by atoms with E-state index >= 15 is 0 Å². The molecule has 2 heterocycles. The van der Waals surface area contributed by atoms with Crippen molar-refractivity contribution in [2.45, 2.75) is 19.9 Å². The first-order valence-electron chi connectivity index (χ1n) is 5.67. The average Bonchev–Trinajstić information content (AvgIpc) is 2.96. The number of aromatic nitrogens is 2. The fraction of sp³-hybridized carbons (Fsp3) is 0.250. The van der Waals surface area contributed by atoms with Crippen molar-refractivity contribution in [3.05, 3.63) is 34.2 Å². The number of carbonyl (C=O) groups is 2. The highest BCUT2D eigenvalue weighted by atomic mass is 32.1. The Kier molecular flexibility index (Phi) is 3.66. The highest BCUT2D eigenvalue weighted by Gasteiger charge is 2.15. The van der Waals surface area contributed by atoms with Gasteiger partial charge in [0, 0.05) is 12.1 Å². The Labute approximate surface area is 113 Å². The minimum Gasteiger partial charge on any atom is -0.477 e. The van der Waals surface area contributed by atoms with Gasteiger partial charge in [-0.3, -0.25) is 4.79 Å². The van der Waals surface area contributed by atoms with Crippen molar-refractivity contribution >= 4 is 29.0 Å². The van der Waals surface area contributed by atoms with E-state index in [0.717, 1.165) is 11.3 Å². The van der Waals surface area contributed by atoms with Crippen LogP contribution in [-0.2, 0) is 0 Å². The Morgan fingerprint density at radius 3 is 2.58 bits per heavy atom. The van der Waals surface area contributed by atoms with E-state index in [-0.39, 0.29) is 16.8 Å². The molecule has 6 nitrogen and oxygen atoms in total. The number of anilines is 1. The van der Waals surface area contributed by atoms with Gasteiger partial charge in [0.25, 0.3) is 5.91 Å². The number of amides is 1. The first-order chi connectivity index (χ1) is 8.99. The molecule has 0 atom stereocenters. The Morgan fingerprint density at radius 1 is 1.32 bits per heavy atom. The van der Waals surface area contributed by atoms with E-state index < -0.39 is 5.97 Å². The van der Waals surface area contributed by atoms with Crippen LogP contribution in [0.25, 0.3) is 0 Å². The molecule has 0 aliphatic carbocycles. The molecule has 2 aromatic heterocycles. The van der Waals surface area contributed by atoms with Gasteiger partial charge in [-0.1, -0.05) is 0 Å². The lowest BCUT2D eigenvalue weighted by Crippen LogP contribution is -2.15. The standard InChI is InChI=1S/C12H13N3O3S/c1-7(2)15-10(5-6-13-15)14-11(16)8-3-4-9(19-8)12(17)18/h3-7H,1-2H3,(H,14,16)(H,17,18). The van der Waals surface area contributed by atoms with Crippen LogP contribution in [0.15, 0.2) is 24.4 Å². The molecule has 2 aromatic rings. The van der Waals surface area contributed by atoms with Gasteiger partial charge >= 0.3 is 5.97 Å². The maximum atomic E-state index is 12.0. The second kappa shape index (κ2) is 5.23. The molecule has 2 N–H and O–H groups in total. The first-order valence-corrected chi connectivity index (χ1v) is 6.48. The monoisotopic (exact) mass is 279 g/mol. The molecule has 0 saturated carbocycles.